The molecular weight excluding hydrogens is 368 g/mol. The van der Waals surface area contributed by atoms with Gasteiger partial charge in [-0.3, -0.25) is 14.8 Å². The summed E-state index contributed by atoms with van der Waals surface area (Å²) in [5.41, 5.74) is 4.87. The van der Waals surface area contributed by atoms with Crippen LogP contribution in [0, 0.1) is 6.92 Å². The van der Waals surface area contributed by atoms with Crippen LogP contribution in [-0.2, 0) is 12.3 Å². The van der Waals surface area contributed by atoms with E-state index in [4.69, 9.17) is 15.3 Å². The number of nitrogen functional groups attached to an aromatic ring is 1. The zero-order valence-corrected chi connectivity index (χ0v) is 16.2. The first-order valence-electron chi connectivity index (χ1n) is 8.28. The second-order valence-electron chi connectivity index (χ2n) is 5.79. The van der Waals surface area contributed by atoms with E-state index in [0.29, 0.717) is 40.6 Å². The summed E-state index contributed by atoms with van der Waals surface area (Å²) in [5.74, 6) is 8.35. The molecule has 0 saturated heterocycles. The quantitative estimate of drug-likeness (QED) is 0.302. The number of aryl methyl sites for hydroxylation is 1. The van der Waals surface area contributed by atoms with Crippen molar-refractivity contribution in [3.8, 4) is 11.5 Å². The highest BCUT2D eigenvalue weighted by Crippen LogP contribution is 2.30. The number of hydrogen-bond donors (Lipinski definition) is 3. The van der Waals surface area contributed by atoms with E-state index < -0.39 is 0 Å². The molecule has 0 aliphatic rings. The Labute approximate surface area is 160 Å². The van der Waals surface area contributed by atoms with Crippen molar-refractivity contribution in [3.63, 3.8) is 0 Å². The van der Waals surface area contributed by atoms with Gasteiger partial charge in [-0.05, 0) is 13.0 Å². The lowest BCUT2D eigenvalue weighted by atomic mass is 10.2. The summed E-state index contributed by atoms with van der Waals surface area (Å²) in [6.45, 7) is 2.45. The van der Waals surface area contributed by atoms with Crippen molar-refractivity contribution in [1.82, 2.24) is 19.5 Å². The fraction of sp³-hybridized carbons (Fsp3) is 0.353. The average molecular weight is 390 g/mol. The van der Waals surface area contributed by atoms with Gasteiger partial charge in [-0.15, -0.1) is 0 Å². The highest BCUT2D eigenvalue weighted by molar-refractivity contribution is 7.98. The summed E-state index contributed by atoms with van der Waals surface area (Å²) in [7, 11) is 3.06. The summed E-state index contributed by atoms with van der Waals surface area (Å²) in [4.78, 5) is 24.7. The van der Waals surface area contributed by atoms with E-state index in [-0.39, 0.29) is 5.56 Å². The number of aromatic nitrogens is 4. The molecule has 0 atom stereocenters. The van der Waals surface area contributed by atoms with Crippen LogP contribution in [0.4, 0.5) is 5.95 Å². The number of fused-ring (bicyclic) bond motifs is 1. The number of aromatic amines is 1. The van der Waals surface area contributed by atoms with Crippen molar-refractivity contribution in [1.29, 1.82) is 0 Å². The molecule has 0 unspecified atom stereocenters. The number of hydrogen-bond acceptors (Lipinski definition) is 8. The van der Waals surface area contributed by atoms with E-state index in [9.17, 15) is 4.79 Å². The van der Waals surface area contributed by atoms with Gasteiger partial charge in [-0.2, -0.15) is 11.8 Å². The molecule has 2 aromatic heterocycles. The minimum absolute atomic E-state index is 0.189. The van der Waals surface area contributed by atoms with Gasteiger partial charge in [0.1, 0.15) is 0 Å². The molecule has 27 heavy (non-hydrogen) atoms. The molecule has 4 N–H and O–H groups in total. The van der Waals surface area contributed by atoms with Crippen molar-refractivity contribution in [2.75, 3.05) is 25.4 Å². The van der Waals surface area contributed by atoms with Gasteiger partial charge in [0.25, 0.3) is 5.56 Å². The van der Waals surface area contributed by atoms with Gasteiger partial charge in [0.05, 0.1) is 37.1 Å². The second-order valence-corrected chi connectivity index (χ2v) is 6.89. The van der Waals surface area contributed by atoms with Crippen LogP contribution in [-0.4, -0.2) is 39.5 Å². The van der Waals surface area contributed by atoms with Gasteiger partial charge < -0.3 is 14.5 Å². The van der Waals surface area contributed by atoms with E-state index in [1.165, 1.54) is 18.8 Å². The van der Waals surface area contributed by atoms with Crippen LogP contribution in [0.5, 0.6) is 11.5 Å². The van der Waals surface area contributed by atoms with Gasteiger partial charge in [-0.1, -0.05) is 0 Å². The average Bonchev–Trinajstić information content (AvgIpc) is 3.10. The zero-order valence-electron chi connectivity index (χ0n) is 15.4. The number of benzene rings is 1. The van der Waals surface area contributed by atoms with Crippen molar-refractivity contribution < 1.29 is 9.47 Å². The monoisotopic (exact) mass is 390 g/mol. The van der Waals surface area contributed by atoms with Crippen molar-refractivity contribution in [2.45, 2.75) is 19.2 Å². The van der Waals surface area contributed by atoms with Crippen LogP contribution in [0.3, 0.4) is 0 Å². The summed E-state index contributed by atoms with van der Waals surface area (Å²) in [6.07, 6.45) is 1.68. The Morgan fingerprint density at radius 2 is 2.04 bits per heavy atom. The Morgan fingerprint density at radius 3 is 2.67 bits per heavy atom. The number of nitrogens with zero attached hydrogens (tertiary/aromatic N) is 3. The predicted octanol–water partition coefficient (Wildman–Crippen LogP) is 1.66. The number of anilines is 1. The van der Waals surface area contributed by atoms with Crippen molar-refractivity contribution in [2.24, 2.45) is 5.84 Å². The third-order valence-corrected chi connectivity index (χ3v) is 5.17. The van der Waals surface area contributed by atoms with Crippen LogP contribution >= 0.6 is 11.8 Å². The Kier molecular flexibility index (Phi) is 5.87. The fourth-order valence-corrected chi connectivity index (χ4v) is 3.66. The number of thioether (sulfide) groups is 1. The molecule has 0 fully saturated rings. The lowest BCUT2D eigenvalue weighted by Crippen LogP contribution is -2.28. The predicted molar refractivity (Wildman–Crippen MR) is 106 cm³/mol. The molecule has 144 valence electrons. The lowest BCUT2D eigenvalue weighted by molar-refractivity contribution is 0.355. The Balaban J connectivity index is 1.86. The molecule has 10 heteroatoms. The highest BCUT2D eigenvalue weighted by Gasteiger charge is 2.14. The van der Waals surface area contributed by atoms with Crippen LogP contribution in [0.25, 0.3) is 10.9 Å². The Bertz CT molecular complexity index is 1000. The molecule has 0 spiro atoms. The number of rotatable bonds is 8. The number of nitrogens with one attached hydrogen (secondary N) is 2. The zero-order chi connectivity index (χ0) is 19.4. The van der Waals surface area contributed by atoms with Gasteiger partial charge in [-0.25, -0.2) is 15.8 Å². The normalized spacial score (nSPS) is 11.0. The number of imidazole rings is 1. The molecule has 0 amide bonds. The minimum atomic E-state index is -0.189. The number of nitrogens with two attached hydrogens (primary N) is 1. The summed E-state index contributed by atoms with van der Waals surface area (Å²) in [5, 5.41) is 0.444. The molecule has 0 radical (unpaired) electrons. The summed E-state index contributed by atoms with van der Waals surface area (Å²) in [6, 6.07) is 3.30. The maximum Gasteiger partial charge on any atom is 0.262 e. The first kappa shape index (κ1) is 19.1. The standard InChI is InChI=1S/C17H22N6O3S/c1-10-13(20-9-19-10)8-27-5-4-23-16(24)11-6-14(25-2)15(26-3)7-12(11)21-17(23)22-18/h6-7,9H,4-5,8,18H2,1-3H3,(H,19,20)(H,21,22). The van der Waals surface area contributed by atoms with Crippen LogP contribution in [0.1, 0.15) is 11.4 Å². The van der Waals surface area contributed by atoms with Gasteiger partial charge in [0.15, 0.2) is 11.5 Å². The summed E-state index contributed by atoms with van der Waals surface area (Å²) >= 11 is 1.68. The van der Waals surface area contributed by atoms with Gasteiger partial charge >= 0.3 is 0 Å². The van der Waals surface area contributed by atoms with E-state index in [1.807, 2.05) is 6.92 Å². The minimum Gasteiger partial charge on any atom is -0.493 e. The Morgan fingerprint density at radius 1 is 1.30 bits per heavy atom. The SMILES string of the molecule is COc1cc2nc(NN)n(CCSCc3nc[nH]c3C)c(=O)c2cc1OC. The lowest BCUT2D eigenvalue weighted by Gasteiger charge is -2.14. The molecule has 3 rings (SSSR count). The van der Waals surface area contributed by atoms with Gasteiger partial charge in [0, 0.05) is 29.8 Å². The van der Waals surface area contributed by atoms with E-state index in [2.05, 4.69) is 20.4 Å². The molecule has 0 aliphatic heterocycles. The Hall–Kier alpha value is -2.72. The topological polar surface area (TPSA) is 120 Å². The molecule has 0 bridgehead atoms. The summed E-state index contributed by atoms with van der Waals surface area (Å²) < 4.78 is 12.1. The van der Waals surface area contributed by atoms with E-state index in [0.717, 1.165) is 17.1 Å². The first-order valence-corrected chi connectivity index (χ1v) is 9.44. The largest absolute Gasteiger partial charge is 0.493 e. The molecule has 9 nitrogen and oxygen atoms in total. The maximum atomic E-state index is 13.0. The third-order valence-electron chi connectivity index (χ3n) is 4.22. The highest BCUT2D eigenvalue weighted by atomic mass is 32.2. The maximum absolute atomic E-state index is 13.0. The molecule has 0 aliphatic carbocycles. The van der Waals surface area contributed by atoms with Crippen LogP contribution in [0.15, 0.2) is 23.3 Å². The number of H-pyrrole nitrogens is 1. The number of hydrazine groups is 1. The molecule has 3 aromatic rings. The third kappa shape index (κ3) is 3.86. The van der Waals surface area contributed by atoms with Gasteiger partial charge in [0.2, 0.25) is 5.95 Å². The second kappa shape index (κ2) is 8.31. The molecule has 2 heterocycles. The van der Waals surface area contributed by atoms with E-state index >= 15 is 0 Å². The molecular formula is C17H22N6O3S. The van der Waals surface area contributed by atoms with Crippen molar-refractivity contribution >= 4 is 28.6 Å². The smallest absolute Gasteiger partial charge is 0.262 e. The van der Waals surface area contributed by atoms with E-state index in [1.54, 1.807) is 30.2 Å². The van der Waals surface area contributed by atoms with Crippen molar-refractivity contribution in [3.05, 3.63) is 40.2 Å². The first-order chi connectivity index (χ1) is 13.1. The molecule has 1 aromatic carbocycles. The number of methoxy groups -OCH3 is 2. The van der Waals surface area contributed by atoms with Crippen LogP contribution < -0.4 is 26.3 Å². The fourth-order valence-electron chi connectivity index (χ4n) is 2.72. The van der Waals surface area contributed by atoms with Crippen LogP contribution in [0.2, 0.25) is 0 Å². The molecule has 0 saturated carbocycles. The number of ether oxygens (including phenoxy) is 2.